The largest absolute Gasteiger partial charge is 0.352 e. The van der Waals surface area contributed by atoms with Crippen LogP contribution in [0.3, 0.4) is 0 Å². The van der Waals surface area contributed by atoms with Crippen LogP contribution in [0.2, 0.25) is 5.02 Å². The fourth-order valence-electron chi connectivity index (χ4n) is 2.80. The van der Waals surface area contributed by atoms with E-state index < -0.39 is 6.04 Å². The smallest absolute Gasteiger partial charge is 0.242 e. The van der Waals surface area contributed by atoms with Crippen molar-refractivity contribution in [2.45, 2.75) is 52.7 Å². The molecular weight excluding hydrogens is 360 g/mol. The lowest BCUT2D eigenvalue weighted by Gasteiger charge is -2.29. The maximum Gasteiger partial charge on any atom is 0.242 e. The molecule has 2 aromatic carbocycles. The first-order valence-corrected chi connectivity index (χ1v) is 9.54. The van der Waals surface area contributed by atoms with Crippen LogP contribution in [-0.4, -0.2) is 28.8 Å². The SMILES string of the molecule is Cc1ccc(CC(=O)N(Cc2cccc(Cl)c2)[C@@H](C)C(=O)NC(C)C)cc1. The topological polar surface area (TPSA) is 49.4 Å². The van der Waals surface area contributed by atoms with Crippen molar-refractivity contribution in [1.29, 1.82) is 0 Å². The predicted molar refractivity (Wildman–Crippen MR) is 110 cm³/mol. The van der Waals surface area contributed by atoms with Crippen molar-refractivity contribution in [3.05, 3.63) is 70.2 Å². The van der Waals surface area contributed by atoms with Crippen molar-refractivity contribution in [2.75, 3.05) is 0 Å². The van der Waals surface area contributed by atoms with Gasteiger partial charge < -0.3 is 10.2 Å². The third kappa shape index (κ3) is 6.40. The molecular formula is C22H27ClN2O2. The number of aryl methyl sites for hydroxylation is 1. The van der Waals surface area contributed by atoms with Gasteiger partial charge in [0.05, 0.1) is 6.42 Å². The fourth-order valence-corrected chi connectivity index (χ4v) is 3.01. The quantitative estimate of drug-likeness (QED) is 0.777. The molecule has 0 aliphatic carbocycles. The van der Waals surface area contributed by atoms with E-state index in [1.807, 2.05) is 63.2 Å². The molecule has 0 heterocycles. The summed E-state index contributed by atoms with van der Waals surface area (Å²) in [5, 5.41) is 3.50. The molecule has 2 amide bonds. The van der Waals surface area contributed by atoms with E-state index in [1.165, 1.54) is 0 Å². The first-order chi connectivity index (χ1) is 12.8. The lowest BCUT2D eigenvalue weighted by atomic mass is 10.1. The number of amides is 2. The molecule has 2 rings (SSSR count). The number of nitrogens with one attached hydrogen (secondary N) is 1. The van der Waals surface area contributed by atoms with E-state index in [2.05, 4.69) is 5.32 Å². The number of carbonyl (C=O) groups excluding carboxylic acids is 2. The summed E-state index contributed by atoms with van der Waals surface area (Å²) in [6, 6.07) is 14.7. The first-order valence-electron chi connectivity index (χ1n) is 9.16. The summed E-state index contributed by atoms with van der Waals surface area (Å²) in [4.78, 5) is 27.2. The Bertz CT molecular complexity index is 787. The number of halogens is 1. The summed E-state index contributed by atoms with van der Waals surface area (Å²) >= 11 is 6.08. The van der Waals surface area contributed by atoms with Crippen molar-refractivity contribution < 1.29 is 9.59 Å². The molecule has 0 aliphatic heterocycles. The van der Waals surface area contributed by atoms with Gasteiger partial charge in [0.2, 0.25) is 11.8 Å². The van der Waals surface area contributed by atoms with E-state index >= 15 is 0 Å². The summed E-state index contributed by atoms with van der Waals surface area (Å²) in [6.45, 7) is 7.91. The van der Waals surface area contributed by atoms with Gasteiger partial charge in [0.15, 0.2) is 0 Å². The molecule has 0 aromatic heterocycles. The minimum Gasteiger partial charge on any atom is -0.352 e. The van der Waals surface area contributed by atoms with E-state index in [9.17, 15) is 9.59 Å². The lowest BCUT2D eigenvalue weighted by molar-refractivity contribution is -0.140. The predicted octanol–water partition coefficient (Wildman–Crippen LogP) is 4.13. The van der Waals surface area contributed by atoms with E-state index in [1.54, 1.807) is 17.9 Å². The van der Waals surface area contributed by atoms with E-state index in [-0.39, 0.29) is 24.3 Å². The highest BCUT2D eigenvalue weighted by atomic mass is 35.5. The Morgan fingerprint density at radius 3 is 2.30 bits per heavy atom. The number of nitrogens with zero attached hydrogens (tertiary/aromatic N) is 1. The molecule has 0 saturated carbocycles. The average Bonchev–Trinajstić information content (AvgIpc) is 2.60. The van der Waals surface area contributed by atoms with Crippen molar-refractivity contribution in [1.82, 2.24) is 10.2 Å². The van der Waals surface area contributed by atoms with Gasteiger partial charge in [-0.15, -0.1) is 0 Å². The van der Waals surface area contributed by atoms with Crippen LogP contribution >= 0.6 is 11.6 Å². The van der Waals surface area contributed by atoms with Gasteiger partial charge in [-0.05, 0) is 51.0 Å². The minimum absolute atomic E-state index is 0.0140. The zero-order valence-electron chi connectivity index (χ0n) is 16.3. The van der Waals surface area contributed by atoms with Crippen LogP contribution in [-0.2, 0) is 22.6 Å². The third-order valence-electron chi connectivity index (χ3n) is 4.32. The molecule has 144 valence electrons. The van der Waals surface area contributed by atoms with Crippen molar-refractivity contribution in [3.63, 3.8) is 0 Å². The number of hydrogen-bond donors (Lipinski definition) is 1. The van der Waals surface area contributed by atoms with Crippen LogP contribution in [0.4, 0.5) is 0 Å². The second-order valence-electron chi connectivity index (χ2n) is 7.15. The monoisotopic (exact) mass is 386 g/mol. The van der Waals surface area contributed by atoms with Gasteiger partial charge in [0, 0.05) is 17.6 Å². The van der Waals surface area contributed by atoms with Crippen molar-refractivity contribution in [3.8, 4) is 0 Å². The van der Waals surface area contributed by atoms with E-state index in [0.29, 0.717) is 11.6 Å². The van der Waals surface area contributed by atoms with Crippen LogP contribution in [0, 0.1) is 6.92 Å². The molecule has 0 spiro atoms. The van der Waals surface area contributed by atoms with Crippen LogP contribution in [0.5, 0.6) is 0 Å². The average molecular weight is 387 g/mol. The van der Waals surface area contributed by atoms with Gasteiger partial charge in [-0.3, -0.25) is 9.59 Å². The molecule has 1 N–H and O–H groups in total. The summed E-state index contributed by atoms with van der Waals surface area (Å²) in [5.41, 5.74) is 2.97. The summed E-state index contributed by atoms with van der Waals surface area (Å²) in [5.74, 6) is -0.255. The van der Waals surface area contributed by atoms with Gasteiger partial charge in [-0.1, -0.05) is 53.6 Å². The van der Waals surface area contributed by atoms with Crippen molar-refractivity contribution >= 4 is 23.4 Å². The molecule has 0 aliphatic rings. The second kappa shape index (κ2) is 9.56. The normalized spacial score (nSPS) is 11.9. The standard InChI is InChI=1S/C22H27ClN2O2/c1-15(2)24-22(27)17(4)25(14-19-6-5-7-20(23)12-19)21(26)13-18-10-8-16(3)9-11-18/h5-12,15,17H,13-14H2,1-4H3,(H,24,27)/t17-/m0/s1. The number of rotatable bonds is 7. The third-order valence-corrected chi connectivity index (χ3v) is 4.55. The van der Waals surface area contributed by atoms with Gasteiger partial charge in [0.1, 0.15) is 6.04 Å². The Morgan fingerprint density at radius 2 is 1.70 bits per heavy atom. The molecule has 5 heteroatoms. The molecule has 0 unspecified atom stereocenters. The van der Waals surface area contributed by atoms with Gasteiger partial charge in [-0.25, -0.2) is 0 Å². The van der Waals surface area contributed by atoms with Crippen molar-refractivity contribution in [2.24, 2.45) is 0 Å². The Labute approximate surface area is 166 Å². The molecule has 1 atom stereocenters. The van der Waals surface area contributed by atoms with Crippen LogP contribution < -0.4 is 5.32 Å². The highest BCUT2D eigenvalue weighted by Gasteiger charge is 2.26. The maximum atomic E-state index is 13.0. The van der Waals surface area contributed by atoms with E-state index in [0.717, 1.165) is 16.7 Å². The van der Waals surface area contributed by atoms with Gasteiger partial charge in [-0.2, -0.15) is 0 Å². The first kappa shape index (κ1) is 21.0. The second-order valence-corrected chi connectivity index (χ2v) is 7.59. The Balaban J connectivity index is 2.22. The molecule has 0 bridgehead atoms. The minimum atomic E-state index is -0.579. The molecule has 0 radical (unpaired) electrons. The Morgan fingerprint density at radius 1 is 1.04 bits per heavy atom. The number of carbonyl (C=O) groups is 2. The molecule has 0 fully saturated rings. The van der Waals surface area contributed by atoms with Crippen LogP contribution in [0.1, 0.15) is 37.5 Å². The maximum absolute atomic E-state index is 13.0. The van der Waals surface area contributed by atoms with Crippen LogP contribution in [0.25, 0.3) is 0 Å². The molecule has 0 saturated heterocycles. The van der Waals surface area contributed by atoms with E-state index in [4.69, 9.17) is 11.6 Å². The Kier molecular flexibility index (Phi) is 7.43. The van der Waals surface area contributed by atoms with Gasteiger partial charge in [0.25, 0.3) is 0 Å². The van der Waals surface area contributed by atoms with Crippen LogP contribution in [0.15, 0.2) is 48.5 Å². The summed E-state index contributed by atoms with van der Waals surface area (Å²) in [6.07, 6.45) is 0.250. The zero-order chi connectivity index (χ0) is 20.0. The molecule has 4 nitrogen and oxygen atoms in total. The summed E-state index contributed by atoms with van der Waals surface area (Å²) < 4.78 is 0. The number of hydrogen-bond acceptors (Lipinski definition) is 2. The molecule has 27 heavy (non-hydrogen) atoms. The highest BCUT2D eigenvalue weighted by Crippen LogP contribution is 2.16. The fraction of sp³-hybridized carbons (Fsp3) is 0.364. The summed E-state index contributed by atoms with van der Waals surface area (Å²) in [7, 11) is 0. The zero-order valence-corrected chi connectivity index (χ0v) is 17.1. The Hall–Kier alpha value is -2.33. The highest BCUT2D eigenvalue weighted by molar-refractivity contribution is 6.30. The lowest BCUT2D eigenvalue weighted by Crippen LogP contribution is -2.49. The van der Waals surface area contributed by atoms with Gasteiger partial charge >= 0.3 is 0 Å². The molecule has 2 aromatic rings. The number of benzene rings is 2.